The van der Waals surface area contributed by atoms with Crippen LogP contribution in [-0.4, -0.2) is 18.8 Å². The van der Waals surface area contributed by atoms with E-state index in [1.807, 2.05) is 0 Å². The highest BCUT2D eigenvalue weighted by molar-refractivity contribution is 6.19. The summed E-state index contributed by atoms with van der Waals surface area (Å²) in [6.07, 6.45) is -0.757. The highest BCUT2D eigenvalue weighted by atomic mass is 35.5. The van der Waals surface area contributed by atoms with E-state index in [4.69, 9.17) is 11.6 Å². The Morgan fingerprint density at radius 2 is 2.25 bits per heavy atom. The Morgan fingerprint density at radius 3 is 2.38 bits per heavy atom. The molecule has 0 aliphatic carbocycles. The van der Waals surface area contributed by atoms with Crippen molar-refractivity contribution < 1.29 is 14.3 Å². The van der Waals surface area contributed by atoms with Gasteiger partial charge in [-0.15, -0.1) is 0 Å². The largest absolute Gasteiger partial charge is 0.509 e. The molecule has 0 aliphatic heterocycles. The summed E-state index contributed by atoms with van der Waals surface area (Å²) in [6.45, 7) is 1.53. The normalized spacial score (nSPS) is 12.4. The summed E-state index contributed by atoms with van der Waals surface area (Å²) in [7, 11) is 1.22. The zero-order valence-electron chi connectivity index (χ0n) is 4.68. The molecule has 0 aliphatic rings. The van der Waals surface area contributed by atoms with Crippen LogP contribution in [0.5, 0.6) is 0 Å². The number of carbonyl (C=O) groups excluding carboxylic acids is 1. The zero-order chi connectivity index (χ0) is 6.57. The maximum absolute atomic E-state index is 10.1. The third kappa shape index (κ3) is 3.74. The fourth-order valence-electron chi connectivity index (χ4n) is 0.181. The van der Waals surface area contributed by atoms with Crippen LogP contribution < -0.4 is 0 Å². The third-order valence-corrected chi connectivity index (χ3v) is 0.514. The first-order chi connectivity index (χ1) is 3.66. The van der Waals surface area contributed by atoms with Crippen LogP contribution in [0, 0.1) is 0 Å². The van der Waals surface area contributed by atoms with E-state index in [9.17, 15) is 4.79 Å². The van der Waals surface area contributed by atoms with Gasteiger partial charge in [0.1, 0.15) is 0 Å². The van der Waals surface area contributed by atoms with Crippen LogP contribution in [0.3, 0.4) is 0 Å². The lowest BCUT2D eigenvalue weighted by atomic mass is 10.9. The predicted molar refractivity (Wildman–Crippen MR) is 28.8 cm³/mol. The minimum absolute atomic E-state index is 0.623. The summed E-state index contributed by atoms with van der Waals surface area (Å²) >= 11 is 5.23. The van der Waals surface area contributed by atoms with Gasteiger partial charge in [-0.2, -0.15) is 0 Å². The first-order valence-electron chi connectivity index (χ1n) is 2.05. The van der Waals surface area contributed by atoms with Gasteiger partial charge in [-0.1, -0.05) is 11.6 Å². The maximum Gasteiger partial charge on any atom is 0.509 e. The average Bonchev–Trinajstić information content (AvgIpc) is 1.65. The zero-order valence-corrected chi connectivity index (χ0v) is 5.44. The second kappa shape index (κ2) is 3.55. The van der Waals surface area contributed by atoms with Gasteiger partial charge < -0.3 is 9.47 Å². The standard InChI is InChI=1S/C4H7ClO3/c1-3(5)8-4(6)7-2/h3H,1-2H3/t3-/m1/s1. The number of halogens is 1. The van der Waals surface area contributed by atoms with E-state index in [1.54, 1.807) is 0 Å². The van der Waals surface area contributed by atoms with Crippen LogP contribution in [0.2, 0.25) is 0 Å². The highest BCUT2D eigenvalue weighted by Gasteiger charge is 2.02. The van der Waals surface area contributed by atoms with Gasteiger partial charge in [0.25, 0.3) is 0 Å². The molecule has 0 spiro atoms. The lowest BCUT2D eigenvalue weighted by Gasteiger charge is -2.01. The molecular formula is C4H7ClO3. The number of hydrogen-bond donors (Lipinski definition) is 0. The number of carbonyl (C=O) groups is 1. The van der Waals surface area contributed by atoms with Gasteiger partial charge in [-0.25, -0.2) is 4.79 Å². The van der Waals surface area contributed by atoms with Gasteiger partial charge in [-0.05, 0) is 6.92 Å². The molecule has 0 bridgehead atoms. The summed E-state index contributed by atoms with van der Waals surface area (Å²) in [4.78, 5) is 10.1. The predicted octanol–water partition coefficient (Wildman–Crippen LogP) is 1.35. The first-order valence-corrected chi connectivity index (χ1v) is 2.49. The molecule has 0 fully saturated rings. The lowest BCUT2D eigenvalue weighted by Crippen LogP contribution is -2.08. The van der Waals surface area contributed by atoms with Crippen molar-refractivity contribution in [1.82, 2.24) is 0 Å². The van der Waals surface area contributed by atoms with E-state index in [1.165, 1.54) is 14.0 Å². The van der Waals surface area contributed by atoms with Crippen molar-refractivity contribution in [3.63, 3.8) is 0 Å². The molecule has 8 heavy (non-hydrogen) atoms. The van der Waals surface area contributed by atoms with Gasteiger partial charge in [0, 0.05) is 0 Å². The van der Waals surface area contributed by atoms with Crippen LogP contribution in [-0.2, 0) is 9.47 Å². The Balaban J connectivity index is 3.25. The second-order valence-corrected chi connectivity index (χ2v) is 1.73. The van der Waals surface area contributed by atoms with E-state index < -0.39 is 11.7 Å². The van der Waals surface area contributed by atoms with E-state index >= 15 is 0 Å². The summed E-state index contributed by atoms with van der Waals surface area (Å²) in [5, 5.41) is 0. The number of methoxy groups -OCH3 is 1. The van der Waals surface area contributed by atoms with Crippen molar-refractivity contribution in [3.8, 4) is 0 Å². The molecule has 0 rings (SSSR count). The lowest BCUT2D eigenvalue weighted by molar-refractivity contribution is 0.0666. The fraction of sp³-hybridized carbons (Fsp3) is 0.750. The monoisotopic (exact) mass is 138 g/mol. The van der Waals surface area contributed by atoms with Crippen LogP contribution in [0.4, 0.5) is 4.79 Å². The SMILES string of the molecule is COC(=O)O[C@H](C)Cl. The van der Waals surface area contributed by atoms with Crippen molar-refractivity contribution in [1.29, 1.82) is 0 Å². The Hall–Kier alpha value is -0.440. The molecule has 0 saturated carbocycles. The number of alkyl halides is 1. The van der Waals surface area contributed by atoms with E-state index in [-0.39, 0.29) is 0 Å². The minimum Gasteiger partial charge on any atom is -0.438 e. The Labute approximate surface area is 52.5 Å². The Morgan fingerprint density at radius 1 is 1.75 bits per heavy atom. The minimum atomic E-state index is -0.757. The molecule has 0 aromatic heterocycles. The quantitative estimate of drug-likeness (QED) is 0.405. The molecule has 0 heterocycles. The van der Waals surface area contributed by atoms with Gasteiger partial charge >= 0.3 is 6.16 Å². The van der Waals surface area contributed by atoms with Crippen LogP contribution >= 0.6 is 11.6 Å². The third-order valence-electron chi connectivity index (χ3n) is 0.425. The second-order valence-electron chi connectivity index (χ2n) is 1.11. The topological polar surface area (TPSA) is 35.5 Å². The Kier molecular flexibility index (Phi) is 3.35. The van der Waals surface area contributed by atoms with Crippen molar-refractivity contribution in [2.45, 2.75) is 12.5 Å². The Bertz CT molecular complexity index is 81.4. The number of rotatable bonds is 1. The van der Waals surface area contributed by atoms with Crippen LogP contribution in [0.1, 0.15) is 6.92 Å². The number of ether oxygens (including phenoxy) is 2. The molecule has 1 atom stereocenters. The van der Waals surface area contributed by atoms with Gasteiger partial charge in [0.05, 0.1) is 7.11 Å². The number of hydrogen-bond acceptors (Lipinski definition) is 3. The van der Waals surface area contributed by atoms with Crippen molar-refractivity contribution in [2.24, 2.45) is 0 Å². The van der Waals surface area contributed by atoms with E-state index in [0.29, 0.717) is 0 Å². The van der Waals surface area contributed by atoms with Crippen molar-refractivity contribution >= 4 is 17.8 Å². The summed E-state index contributed by atoms with van der Waals surface area (Å²) in [6, 6.07) is 0. The van der Waals surface area contributed by atoms with Crippen LogP contribution in [0.25, 0.3) is 0 Å². The molecule has 0 saturated heterocycles. The molecule has 0 radical (unpaired) electrons. The maximum atomic E-state index is 10.1. The summed E-state index contributed by atoms with van der Waals surface area (Å²) < 4.78 is 8.42. The van der Waals surface area contributed by atoms with Gasteiger partial charge in [-0.3, -0.25) is 0 Å². The van der Waals surface area contributed by atoms with Crippen LogP contribution in [0.15, 0.2) is 0 Å². The highest BCUT2D eigenvalue weighted by Crippen LogP contribution is 1.96. The summed E-state index contributed by atoms with van der Waals surface area (Å²) in [5.41, 5.74) is -0.623. The molecule has 48 valence electrons. The molecule has 0 N–H and O–H groups in total. The van der Waals surface area contributed by atoms with Gasteiger partial charge in [0.15, 0.2) is 5.56 Å². The molecule has 0 aromatic rings. The van der Waals surface area contributed by atoms with E-state index in [0.717, 1.165) is 0 Å². The van der Waals surface area contributed by atoms with E-state index in [2.05, 4.69) is 9.47 Å². The molecule has 4 heteroatoms. The molecule has 0 aromatic carbocycles. The molecule has 0 amide bonds. The van der Waals surface area contributed by atoms with Gasteiger partial charge in [0.2, 0.25) is 0 Å². The molecular weight excluding hydrogens is 131 g/mol. The fourth-order valence-corrected chi connectivity index (χ4v) is 0.253. The first kappa shape index (κ1) is 7.56. The van der Waals surface area contributed by atoms with Crippen molar-refractivity contribution in [2.75, 3.05) is 7.11 Å². The smallest absolute Gasteiger partial charge is 0.438 e. The summed E-state index contributed by atoms with van der Waals surface area (Å²) in [5.74, 6) is 0. The van der Waals surface area contributed by atoms with Crippen molar-refractivity contribution in [3.05, 3.63) is 0 Å². The average molecular weight is 139 g/mol. The molecule has 0 unspecified atom stereocenters. The molecule has 3 nitrogen and oxygen atoms in total.